The lowest BCUT2D eigenvalue weighted by Gasteiger charge is -2.18. The normalized spacial score (nSPS) is 12.5. The van der Waals surface area contributed by atoms with Gasteiger partial charge in [-0.1, -0.05) is 30.3 Å². The van der Waals surface area contributed by atoms with E-state index < -0.39 is 35.8 Å². The molecule has 0 aliphatic rings. The zero-order chi connectivity index (χ0) is 15.1. The molecule has 20 heavy (non-hydrogen) atoms. The molecular formula is C10H9NO7S2. The van der Waals surface area contributed by atoms with Gasteiger partial charge in [0.25, 0.3) is 0 Å². The molecule has 2 aromatic rings. The van der Waals surface area contributed by atoms with Crippen LogP contribution in [0.1, 0.15) is 0 Å². The van der Waals surface area contributed by atoms with Gasteiger partial charge in [-0.2, -0.15) is 16.8 Å². The van der Waals surface area contributed by atoms with Crippen molar-refractivity contribution >= 4 is 37.1 Å². The minimum absolute atomic E-state index is 0.155. The molecule has 0 aliphatic carbocycles. The molecule has 2 rings (SSSR count). The molecule has 0 radical (unpaired) electrons. The molecule has 10 heteroatoms. The fourth-order valence-corrected chi connectivity index (χ4v) is 3.50. The first-order valence-corrected chi connectivity index (χ1v) is 7.88. The van der Waals surface area contributed by atoms with Crippen molar-refractivity contribution in [2.75, 3.05) is 3.71 Å². The van der Waals surface area contributed by atoms with Crippen LogP contribution in [0, 0.1) is 0 Å². The Morgan fingerprint density at radius 3 is 1.95 bits per heavy atom. The van der Waals surface area contributed by atoms with Gasteiger partial charge in [-0.25, -0.2) is 0 Å². The van der Waals surface area contributed by atoms with E-state index >= 15 is 0 Å². The third-order valence-corrected chi connectivity index (χ3v) is 4.86. The van der Waals surface area contributed by atoms with E-state index in [-0.39, 0.29) is 5.39 Å². The maximum absolute atomic E-state index is 11.1. The fourth-order valence-electron chi connectivity index (χ4n) is 1.76. The summed E-state index contributed by atoms with van der Waals surface area (Å²) in [4.78, 5) is 0. The lowest BCUT2D eigenvalue weighted by atomic mass is 10.1. The van der Waals surface area contributed by atoms with Crippen molar-refractivity contribution in [2.45, 2.75) is 0 Å². The molecule has 0 aromatic heterocycles. The molecule has 0 saturated carbocycles. The Hall–Kier alpha value is -1.88. The minimum Gasteiger partial charge on any atom is -0.505 e. The van der Waals surface area contributed by atoms with E-state index in [1.807, 2.05) is 0 Å². The molecule has 3 N–H and O–H groups in total. The van der Waals surface area contributed by atoms with Gasteiger partial charge in [-0.05, 0) is 11.5 Å². The number of fused-ring (bicyclic) bond motifs is 1. The SMILES string of the molecule is O=S(=O)(O)N(c1ccc2ccccc2c1O)S(=O)(=O)O. The van der Waals surface area contributed by atoms with Gasteiger partial charge in [0, 0.05) is 5.39 Å². The number of aromatic hydroxyl groups is 1. The van der Waals surface area contributed by atoms with Gasteiger partial charge in [-0.3, -0.25) is 9.11 Å². The molecule has 0 bridgehead atoms. The van der Waals surface area contributed by atoms with E-state index in [1.165, 1.54) is 18.2 Å². The average molecular weight is 319 g/mol. The zero-order valence-corrected chi connectivity index (χ0v) is 11.3. The number of hydrogen-bond donors (Lipinski definition) is 3. The van der Waals surface area contributed by atoms with Crippen molar-refractivity contribution in [3.05, 3.63) is 36.4 Å². The molecule has 0 amide bonds. The highest BCUT2D eigenvalue weighted by atomic mass is 32.3. The first-order chi connectivity index (χ1) is 9.12. The zero-order valence-electron chi connectivity index (χ0n) is 9.70. The Kier molecular flexibility index (Phi) is 3.34. The molecule has 0 aliphatic heterocycles. The lowest BCUT2D eigenvalue weighted by Crippen LogP contribution is -2.36. The summed E-state index contributed by atoms with van der Waals surface area (Å²) in [7, 11) is -10.7. The second-order valence-electron chi connectivity index (χ2n) is 3.81. The molecule has 0 unspecified atom stereocenters. The third-order valence-electron chi connectivity index (χ3n) is 2.50. The largest absolute Gasteiger partial charge is 0.505 e. The number of anilines is 1. The third kappa shape index (κ3) is 2.54. The van der Waals surface area contributed by atoms with Crippen molar-refractivity contribution in [3.8, 4) is 5.75 Å². The second kappa shape index (κ2) is 4.59. The summed E-state index contributed by atoms with van der Waals surface area (Å²) in [5.41, 5.74) is -0.784. The van der Waals surface area contributed by atoms with Gasteiger partial charge < -0.3 is 5.11 Å². The van der Waals surface area contributed by atoms with Gasteiger partial charge in [0.2, 0.25) is 0 Å². The smallest absolute Gasteiger partial charge is 0.375 e. The summed E-state index contributed by atoms with van der Waals surface area (Å²) < 4.78 is 61.5. The second-order valence-corrected chi connectivity index (χ2v) is 6.56. The van der Waals surface area contributed by atoms with E-state index in [1.54, 1.807) is 12.1 Å². The Morgan fingerprint density at radius 2 is 1.40 bits per heavy atom. The number of hydrogen-bond acceptors (Lipinski definition) is 5. The molecule has 2 aromatic carbocycles. The van der Waals surface area contributed by atoms with Crippen molar-refractivity contribution in [2.24, 2.45) is 0 Å². The Labute approximate surface area is 114 Å². The van der Waals surface area contributed by atoms with Gasteiger partial charge in [-0.15, -0.1) is 3.71 Å². The van der Waals surface area contributed by atoms with Crippen LogP contribution in [0.3, 0.4) is 0 Å². The standard InChI is InChI=1S/C10H9NO7S2/c12-10-8-4-2-1-3-7(8)5-6-9(10)11(19(13,14)15)20(16,17)18/h1-6,12H,(H,13,14,15)(H,16,17,18). The minimum atomic E-state index is -5.33. The number of benzene rings is 2. The van der Waals surface area contributed by atoms with Crippen LogP contribution in [0.4, 0.5) is 5.69 Å². The van der Waals surface area contributed by atoms with Crippen LogP contribution in [-0.4, -0.2) is 31.0 Å². The number of rotatable bonds is 3. The van der Waals surface area contributed by atoms with E-state index in [2.05, 4.69) is 0 Å². The highest BCUT2D eigenvalue weighted by Gasteiger charge is 2.34. The van der Waals surface area contributed by atoms with Gasteiger partial charge >= 0.3 is 20.6 Å². The topological polar surface area (TPSA) is 132 Å². The molecule has 0 spiro atoms. The summed E-state index contributed by atoms with van der Waals surface area (Å²) in [6, 6.07) is 8.49. The highest BCUT2D eigenvalue weighted by Crippen LogP contribution is 2.37. The summed E-state index contributed by atoms with van der Waals surface area (Å²) >= 11 is 0. The summed E-state index contributed by atoms with van der Waals surface area (Å²) in [5.74, 6) is -0.710. The maximum Gasteiger partial charge on any atom is 0.375 e. The van der Waals surface area contributed by atoms with Gasteiger partial charge in [0.1, 0.15) is 11.4 Å². The van der Waals surface area contributed by atoms with Crippen LogP contribution >= 0.6 is 0 Å². The Morgan fingerprint density at radius 1 is 0.850 bits per heavy atom. The quantitative estimate of drug-likeness (QED) is 0.718. The summed E-state index contributed by atoms with van der Waals surface area (Å²) in [6.07, 6.45) is 0. The maximum atomic E-state index is 11.1. The number of phenolic OH excluding ortho intramolecular Hbond substituents is 1. The molecule has 0 fully saturated rings. The van der Waals surface area contributed by atoms with Crippen LogP contribution in [-0.2, 0) is 20.6 Å². The molecule has 8 nitrogen and oxygen atoms in total. The Bertz CT molecular complexity index is 842. The molecule has 0 atom stereocenters. The number of phenols is 1. The highest BCUT2D eigenvalue weighted by molar-refractivity contribution is 8.05. The fraction of sp³-hybridized carbons (Fsp3) is 0. The first-order valence-electron chi connectivity index (χ1n) is 5.08. The number of nitrogens with zero attached hydrogens (tertiary/aromatic N) is 1. The van der Waals surface area contributed by atoms with Crippen LogP contribution in [0.2, 0.25) is 0 Å². The van der Waals surface area contributed by atoms with E-state index in [0.29, 0.717) is 5.39 Å². The van der Waals surface area contributed by atoms with E-state index in [0.717, 1.165) is 6.07 Å². The Balaban J connectivity index is 2.83. The first kappa shape index (κ1) is 14.5. The van der Waals surface area contributed by atoms with Crippen molar-refractivity contribution in [3.63, 3.8) is 0 Å². The van der Waals surface area contributed by atoms with Crippen molar-refractivity contribution in [1.82, 2.24) is 0 Å². The van der Waals surface area contributed by atoms with Crippen molar-refractivity contribution < 1.29 is 31.0 Å². The lowest BCUT2D eigenvalue weighted by molar-refractivity contribution is 0.458. The summed E-state index contributed by atoms with van der Waals surface area (Å²) in [5, 5.41) is 10.6. The average Bonchev–Trinajstić information content (AvgIpc) is 2.29. The van der Waals surface area contributed by atoms with Crippen molar-refractivity contribution in [1.29, 1.82) is 0 Å². The molecule has 108 valence electrons. The van der Waals surface area contributed by atoms with Gasteiger partial charge in [0.15, 0.2) is 0 Å². The van der Waals surface area contributed by atoms with Crippen LogP contribution < -0.4 is 3.71 Å². The van der Waals surface area contributed by atoms with E-state index in [9.17, 15) is 21.9 Å². The molecular weight excluding hydrogens is 310 g/mol. The molecule has 0 saturated heterocycles. The monoisotopic (exact) mass is 319 g/mol. The molecule has 0 heterocycles. The van der Waals surface area contributed by atoms with E-state index in [4.69, 9.17) is 9.11 Å². The van der Waals surface area contributed by atoms with Gasteiger partial charge in [0.05, 0.1) is 0 Å². The van der Waals surface area contributed by atoms with Crippen LogP contribution in [0.5, 0.6) is 5.75 Å². The predicted octanol–water partition coefficient (Wildman–Crippen LogP) is 0.957. The van der Waals surface area contributed by atoms with Crippen LogP contribution in [0.15, 0.2) is 36.4 Å². The predicted molar refractivity (Wildman–Crippen MR) is 71.2 cm³/mol. The van der Waals surface area contributed by atoms with Crippen LogP contribution in [0.25, 0.3) is 10.8 Å². The summed E-state index contributed by atoms with van der Waals surface area (Å²) in [6.45, 7) is 0.